The molecule has 0 bridgehead atoms. The van der Waals surface area contributed by atoms with Crippen LogP contribution in [-0.4, -0.2) is 24.1 Å². The van der Waals surface area contributed by atoms with Gasteiger partial charge in [0.2, 0.25) is 0 Å². The molecule has 1 aromatic rings. The summed E-state index contributed by atoms with van der Waals surface area (Å²) in [5, 5.41) is 0.318. The lowest BCUT2D eigenvalue weighted by Crippen LogP contribution is -2.36. The van der Waals surface area contributed by atoms with E-state index in [2.05, 4.69) is 39.8 Å². The van der Waals surface area contributed by atoms with Crippen molar-refractivity contribution in [3.8, 4) is 5.75 Å². The third-order valence-electron chi connectivity index (χ3n) is 3.19. The van der Waals surface area contributed by atoms with Crippen molar-refractivity contribution < 1.29 is 9.47 Å². The van der Waals surface area contributed by atoms with E-state index in [1.165, 1.54) is 5.56 Å². The summed E-state index contributed by atoms with van der Waals surface area (Å²) in [6, 6.07) is 8.26. The average Bonchev–Trinajstić information content (AvgIpc) is 2.65. The number of hydrogen-bond acceptors (Lipinski definition) is 4. The highest BCUT2D eigenvalue weighted by molar-refractivity contribution is 8.77. The number of para-hydroxylation sites is 1. The highest BCUT2D eigenvalue weighted by Crippen LogP contribution is 2.60. The van der Waals surface area contributed by atoms with Gasteiger partial charge < -0.3 is 9.47 Å². The fourth-order valence-corrected chi connectivity index (χ4v) is 5.76. The number of rotatable bonds is 4. The molecule has 1 saturated heterocycles. The van der Waals surface area contributed by atoms with Crippen molar-refractivity contribution >= 4 is 21.6 Å². The molecule has 1 aromatic carbocycles. The summed E-state index contributed by atoms with van der Waals surface area (Å²) in [5.74, 6) is 0.954. The summed E-state index contributed by atoms with van der Waals surface area (Å²) in [6.45, 7) is 8.71. The smallest absolute Gasteiger partial charge is 0.123 e. The van der Waals surface area contributed by atoms with Crippen molar-refractivity contribution in [2.75, 3.05) is 7.11 Å². The molecule has 0 N–H and O–H groups in total. The molecule has 19 heavy (non-hydrogen) atoms. The van der Waals surface area contributed by atoms with E-state index < -0.39 is 0 Å². The normalized spacial score (nSPS) is 25.8. The van der Waals surface area contributed by atoms with Gasteiger partial charge in [-0.05, 0) is 33.8 Å². The second-order valence-corrected chi connectivity index (χ2v) is 8.55. The van der Waals surface area contributed by atoms with Crippen LogP contribution >= 0.6 is 21.6 Å². The van der Waals surface area contributed by atoms with Crippen molar-refractivity contribution in [3.63, 3.8) is 0 Å². The Labute approximate surface area is 124 Å². The minimum atomic E-state index is 0.112. The monoisotopic (exact) mass is 298 g/mol. The van der Waals surface area contributed by atoms with Gasteiger partial charge in [0, 0.05) is 10.3 Å². The first-order chi connectivity index (χ1) is 8.95. The lowest BCUT2D eigenvalue weighted by Gasteiger charge is -2.30. The maximum absolute atomic E-state index is 6.20. The quantitative estimate of drug-likeness (QED) is 0.749. The van der Waals surface area contributed by atoms with Crippen LogP contribution in [0.5, 0.6) is 5.75 Å². The molecule has 2 atom stereocenters. The average molecular weight is 298 g/mol. The Balaban J connectivity index is 2.32. The van der Waals surface area contributed by atoms with Gasteiger partial charge in [-0.3, -0.25) is 0 Å². The molecule has 0 aliphatic carbocycles. The standard InChI is InChI=1S/C15H22O2S2/c1-10(2)17-14-13(18-19-15(14,3)4)11-8-6-7-9-12(11)16-5/h6-10,13-14H,1-5H3/t13-,14+/m1/s1. The van der Waals surface area contributed by atoms with E-state index in [1.807, 2.05) is 33.7 Å². The van der Waals surface area contributed by atoms with Gasteiger partial charge in [-0.1, -0.05) is 39.8 Å². The summed E-state index contributed by atoms with van der Waals surface area (Å²) in [7, 11) is 5.53. The predicted octanol–water partition coefficient (Wildman–Crippen LogP) is 4.70. The zero-order valence-corrected chi connectivity index (χ0v) is 13.8. The molecular formula is C15H22O2S2. The molecule has 1 fully saturated rings. The van der Waals surface area contributed by atoms with Crippen LogP contribution in [0, 0.1) is 0 Å². The molecule has 1 aliphatic heterocycles. The Bertz CT molecular complexity index is 432. The van der Waals surface area contributed by atoms with Gasteiger partial charge in [0.25, 0.3) is 0 Å². The second-order valence-electron chi connectivity index (χ2n) is 5.55. The number of ether oxygens (including phenoxy) is 2. The second kappa shape index (κ2) is 5.98. The summed E-state index contributed by atoms with van der Waals surface area (Å²) >= 11 is 0. The van der Waals surface area contributed by atoms with E-state index in [0.29, 0.717) is 5.25 Å². The predicted molar refractivity (Wildman–Crippen MR) is 85.0 cm³/mol. The topological polar surface area (TPSA) is 18.5 Å². The molecular weight excluding hydrogens is 276 g/mol. The van der Waals surface area contributed by atoms with Crippen molar-refractivity contribution in [1.29, 1.82) is 0 Å². The van der Waals surface area contributed by atoms with Crippen LogP contribution in [0.15, 0.2) is 24.3 Å². The van der Waals surface area contributed by atoms with Gasteiger partial charge in [-0.25, -0.2) is 0 Å². The Morgan fingerprint density at radius 1 is 1.21 bits per heavy atom. The summed E-state index contributed by atoms with van der Waals surface area (Å²) in [5.41, 5.74) is 1.23. The van der Waals surface area contributed by atoms with Crippen LogP contribution in [0.1, 0.15) is 38.5 Å². The Kier molecular flexibility index (Phi) is 4.75. The van der Waals surface area contributed by atoms with Crippen LogP contribution in [0.4, 0.5) is 0 Å². The van der Waals surface area contributed by atoms with E-state index in [4.69, 9.17) is 9.47 Å². The SMILES string of the molecule is COc1ccccc1[C@H]1SSC(C)(C)[C@H]1OC(C)C. The van der Waals surface area contributed by atoms with Crippen LogP contribution in [0.25, 0.3) is 0 Å². The zero-order valence-electron chi connectivity index (χ0n) is 12.2. The number of methoxy groups -OCH3 is 1. The molecule has 2 rings (SSSR count). The van der Waals surface area contributed by atoms with Crippen molar-refractivity contribution in [2.45, 2.75) is 49.9 Å². The molecule has 2 nitrogen and oxygen atoms in total. The number of hydrogen-bond donors (Lipinski definition) is 0. The minimum absolute atomic E-state index is 0.112. The van der Waals surface area contributed by atoms with Crippen LogP contribution in [0.3, 0.4) is 0 Å². The van der Waals surface area contributed by atoms with Crippen LogP contribution < -0.4 is 4.74 Å². The summed E-state index contributed by atoms with van der Waals surface area (Å²) < 4.78 is 11.8. The van der Waals surface area contributed by atoms with E-state index in [0.717, 1.165) is 5.75 Å². The molecule has 0 unspecified atom stereocenters. The summed E-state index contributed by atoms with van der Waals surface area (Å²) in [4.78, 5) is 0. The minimum Gasteiger partial charge on any atom is -0.496 e. The van der Waals surface area contributed by atoms with Gasteiger partial charge in [-0.2, -0.15) is 0 Å². The van der Waals surface area contributed by atoms with E-state index >= 15 is 0 Å². The van der Waals surface area contributed by atoms with Gasteiger partial charge in [0.15, 0.2) is 0 Å². The largest absolute Gasteiger partial charge is 0.496 e. The Morgan fingerprint density at radius 2 is 1.89 bits per heavy atom. The fraction of sp³-hybridized carbons (Fsp3) is 0.600. The maximum atomic E-state index is 6.20. The highest BCUT2D eigenvalue weighted by atomic mass is 33.1. The maximum Gasteiger partial charge on any atom is 0.123 e. The third kappa shape index (κ3) is 3.23. The van der Waals surface area contributed by atoms with Gasteiger partial charge in [0.05, 0.1) is 24.6 Å². The van der Waals surface area contributed by atoms with Crippen molar-refractivity contribution in [3.05, 3.63) is 29.8 Å². The molecule has 0 aromatic heterocycles. The number of benzene rings is 1. The Hall–Kier alpha value is -0.320. The fourth-order valence-electron chi connectivity index (χ4n) is 2.28. The van der Waals surface area contributed by atoms with E-state index in [1.54, 1.807) is 7.11 Å². The molecule has 0 radical (unpaired) electrons. The molecule has 0 amide bonds. The first-order valence-electron chi connectivity index (χ1n) is 6.58. The highest BCUT2D eigenvalue weighted by Gasteiger charge is 2.46. The molecule has 1 heterocycles. The first kappa shape index (κ1) is 15.1. The van der Waals surface area contributed by atoms with Crippen LogP contribution in [-0.2, 0) is 4.74 Å². The zero-order chi connectivity index (χ0) is 14.0. The first-order valence-corrected chi connectivity index (χ1v) is 8.80. The molecule has 106 valence electrons. The summed E-state index contributed by atoms with van der Waals surface area (Å²) in [6.07, 6.45) is 0.430. The van der Waals surface area contributed by atoms with Gasteiger partial charge in [0.1, 0.15) is 5.75 Å². The lowest BCUT2D eigenvalue weighted by molar-refractivity contribution is -0.00783. The van der Waals surface area contributed by atoms with Crippen molar-refractivity contribution in [1.82, 2.24) is 0 Å². The van der Waals surface area contributed by atoms with Crippen LogP contribution in [0.2, 0.25) is 0 Å². The van der Waals surface area contributed by atoms with Gasteiger partial charge in [-0.15, -0.1) is 0 Å². The lowest BCUT2D eigenvalue weighted by atomic mass is 9.96. The Morgan fingerprint density at radius 3 is 2.53 bits per heavy atom. The third-order valence-corrected chi connectivity index (χ3v) is 6.86. The molecule has 4 heteroatoms. The van der Waals surface area contributed by atoms with Crippen molar-refractivity contribution in [2.24, 2.45) is 0 Å². The molecule has 1 aliphatic rings. The molecule has 0 saturated carbocycles. The van der Waals surface area contributed by atoms with E-state index in [9.17, 15) is 0 Å². The molecule has 0 spiro atoms. The van der Waals surface area contributed by atoms with E-state index in [-0.39, 0.29) is 17.0 Å². The van der Waals surface area contributed by atoms with Gasteiger partial charge >= 0.3 is 0 Å².